The van der Waals surface area contributed by atoms with E-state index in [1.165, 1.54) is 24.3 Å². The number of nitrogens with two attached hydrogens (primary N) is 1. The molecule has 0 aromatic heterocycles. The van der Waals surface area contributed by atoms with Gasteiger partial charge in [-0.05, 0) is 48.0 Å². The highest BCUT2D eigenvalue weighted by atomic mass is 19.3. The van der Waals surface area contributed by atoms with Crippen molar-refractivity contribution in [2.75, 3.05) is 10.6 Å². The van der Waals surface area contributed by atoms with Crippen molar-refractivity contribution in [3.63, 3.8) is 0 Å². The monoisotopic (exact) mass is 411 g/mol. The smallest absolute Gasteiger partial charge is 0.387 e. The van der Waals surface area contributed by atoms with E-state index in [-0.39, 0.29) is 5.75 Å². The Labute approximate surface area is 171 Å². The number of halogens is 2. The molecule has 8 heteroatoms. The van der Waals surface area contributed by atoms with Crippen LogP contribution in [0.4, 0.5) is 25.0 Å². The second-order valence-corrected chi connectivity index (χ2v) is 6.38. The van der Waals surface area contributed by atoms with Crippen LogP contribution in [-0.4, -0.2) is 18.5 Å². The molecule has 0 spiro atoms. The summed E-state index contributed by atoms with van der Waals surface area (Å²) in [4.78, 5) is 23.4. The number of hydrogen-bond donors (Lipinski definition) is 3. The highest BCUT2D eigenvalue weighted by Gasteiger charge is 2.13. The second kappa shape index (κ2) is 9.51. The maximum absolute atomic E-state index is 12.8. The minimum atomic E-state index is -2.95. The van der Waals surface area contributed by atoms with Gasteiger partial charge in [0.15, 0.2) is 0 Å². The van der Waals surface area contributed by atoms with Crippen molar-refractivity contribution in [1.29, 1.82) is 0 Å². The first-order chi connectivity index (χ1) is 14.4. The predicted molar refractivity (Wildman–Crippen MR) is 110 cm³/mol. The first-order valence-corrected chi connectivity index (χ1v) is 9.00. The number of amides is 3. The third kappa shape index (κ3) is 5.78. The Morgan fingerprint density at radius 1 is 0.900 bits per heavy atom. The van der Waals surface area contributed by atoms with Crippen LogP contribution in [0.1, 0.15) is 21.5 Å². The molecule has 0 radical (unpaired) electrons. The minimum absolute atomic E-state index is 0.0498. The molecule has 0 heterocycles. The number of urea groups is 1. The molecule has 30 heavy (non-hydrogen) atoms. The fraction of sp³-hybridized carbons (Fsp3) is 0.0909. The van der Waals surface area contributed by atoms with Gasteiger partial charge in [-0.15, -0.1) is 0 Å². The summed E-state index contributed by atoms with van der Waals surface area (Å²) in [6, 6.07) is 19.2. The van der Waals surface area contributed by atoms with Gasteiger partial charge in [-0.2, -0.15) is 8.78 Å². The average Bonchev–Trinajstić information content (AvgIpc) is 2.70. The van der Waals surface area contributed by atoms with Crippen LogP contribution in [0.2, 0.25) is 0 Å². The molecule has 0 bridgehead atoms. The fourth-order valence-corrected chi connectivity index (χ4v) is 2.87. The third-order valence-electron chi connectivity index (χ3n) is 4.19. The van der Waals surface area contributed by atoms with Crippen molar-refractivity contribution >= 4 is 23.3 Å². The van der Waals surface area contributed by atoms with Crippen LogP contribution >= 0.6 is 0 Å². The fourth-order valence-electron chi connectivity index (χ4n) is 2.87. The number of alkyl halides is 2. The Balaban J connectivity index is 1.78. The van der Waals surface area contributed by atoms with Crippen LogP contribution in [0.5, 0.6) is 5.75 Å². The Morgan fingerprint density at radius 3 is 2.20 bits per heavy atom. The number of carbonyl (C=O) groups excluding carboxylic acids is 2. The van der Waals surface area contributed by atoms with E-state index < -0.39 is 18.5 Å². The number of benzene rings is 3. The van der Waals surface area contributed by atoms with Crippen molar-refractivity contribution in [3.05, 3.63) is 89.5 Å². The van der Waals surface area contributed by atoms with Crippen LogP contribution in [-0.2, 0) is 6.42 Å². The lowest BCUT2D eigenvalue weighted by Gasteiger charge is -2.14. The van der Waals surface area contributed by atoms with Gasteiger partial charge in [-0.3, -0.25) is 4.79 Å². The summed E-state index contributed by atoms with van der Waals surface area (Å²) in [7, 11) is 0. The van der Waals surface area contributed by atoms with Gasteiger partial charge in [-0.25, -0.2) is 4.79 Å². The van der Waals surface area contributed by atoms with Gasteiger partial charge in [0.25, 0.3) is 5.91 Å². The number of primary amides is 1. The van der Waals surface area contributed by atoms with E-state index in [2.05, 4.69) is 15.4 Å². The zero-order valence-electron chi connectivity index (χ0n) is 15.8. The molecular formula is C22H19F2N3O3. The van der Waals surface area contributed by atoms with Gasteiger partial charge >= 0.3 is 12.6 Å². The molecular weight excluding hydrogens is 392 g/mol. The van der Waals surface area contributed by atoms with Crippen molar-refractivity contribution in [3.8, 4) is 5.75 Å². The molecule has 0 saturated heterocycles. The van der Waals surface area contributed by atoms with Crippen molar-refractivity contribution in [2.45, 2.75) is 13.0 Å². The van der Waals surface area contributed by atoms with Gasteiger partial charge in [0, 0.05) is 28.9 Å². The summed E-state index contributed by atoms with van der Waals surface area (Å²) in [6.45, 7) is -2.95. The summed E-state index contributed by atoms with van der Waals surface area (Å²) in [5, 5.41) is 5.14. The summed E-state index contributed by atoms with van der Waals surface area (Å²) >= 11 is 0. The van der Waals surface area contributed by atoms with Gasteiger partial charge < -0.3 is 21.1 Å². The second-order valence-electron chi connectivity index (χ2n) is 6.38. The Bertz CT molecular complexity index is 1030. The molecule has 0 aliphatic heterocycles. The molecule has 0 saturated carbocycles. The van der Waals surface area contributed by atoms with Gasteiger partial charge in [0.05, 0.1) is 0 Å². The van der Waals surface area contributed by atoms with Crippen LogP contribution in [0.15, 0.2) is 72.8 Å². The van der Waals surface area contributed by atoms with E-state index in [9.17, 15) is 18.4 Å². The Kier molecular flexibility index (Phi) is 6.59. The molecule has 3 amide bonds. The van der Waals surface area contributed by atoms with E-state index in [1.54, 1.807) is 18.2 Å². The lowest BCUT2D eigenvalue weighted by atomic mass is 10.0. The zero-order chi connectivity index (χ0) is 21.5. The summed E-state index contributed by atoms with van der Waals surface area (Å²) in [6.07, 6.45) is 0.361. The summed E-state index contributed by atoms with van der Waals surface area (Å²) in [5.41, 5.74) is 7.72. The molecule has 3 aromatic rings. The Hall–Kier alpha value is -3.94. The van der Waals surface area contributed by atoms with E-state index in [1.807, 2.05) is 30.3 Å². The zero-order valence-corrected chi connectivity index (χ0v) is 15.8. The largest absolute Gasteiger partial charge is 0.435 e. The van der Waals surface area contributed by atoms with Crippen molar-refractivity contribution in [1.82, 2.24) is 0 Å². The molecule has 0 aliphatic carbocycles. The minimum Gasteiger partial charge on any atom is -0.435 e. The molecule has 0 unspecified atom stereocenters. The number of hydrogen-bond acceptors (Lipinski definition) is 3. The number of carbonyl (C=O) groups is 2. The van der Waals surface area contributed by atoms with Crippen molar-refractivity contribution in [2.24, 2.45) is 5.73 Å². The standard InChI is InChI=1S/C22H19F2N3O3/c23-21(24)30-19-11-10-18(13-16(19)12-14-4-2-1-3-5-14)26-20(28)15-6-8-17(9-7-15)27-22(25)29/h1-11,13,21H,12H2,(H,26,28)(H3,25,27,29). The van der Waals surface area contributed by atoms with Gasteiger partial charge in [-0.1, -0.05) is 30.3 Å². The number of nitrogens with one attached hydrogen (secondary N) is 2. The van der Waals surface area contributed by atoms with E-state index in [4.69, 9.17) is 5.73 Å². The van der Waals surface area contributed by atoms with Crippen molar-refractivity contribution < 1.29 is 23.1 Å². The van der Waals surface area contributed by atoms with Crippen LogP contribution < -0.4 is 21.1 Å². The van der Waals surface area contributed by atoms with Crippen LogP contribution in [0, 0.1) is 0 Å². The predicted octanol–water partition coefficient (Wildman–Crippen LogP) is 4.62. The molecule has 3 rings (SSSR count). The molecule has 3 aromatic carbocycles. The Morgan fingerprint density at radius 2 is 1.57 bits per heavy atom. The molecule has 154 valence electrons. The summed E-state index contributed by atoms with van der Waals surface area (Å²) in [5.74, 6) is -0.345. The lowest BCUT2D eigenvalue weighted by molar-refractivity contribution is -0.0503. The van der Waals surface area contributed by atoms with E-state index in [0.717, 1.165) is 5.56 Å². The number of ether oxygens (including phenoxy) is 1. The van der Waals surface area contributed by atoms with E-state index >= 15 is 0 Å². The number of anilines is 2. The summed E-state index contributed by atoms with van der Waals surface area (Å²) < 4.78 is 30.1. The van der Waals surface area contributed by atoms with Crippen LogP contribution in [0.25, 0.3) is 0 Å². The lowest BCUT2D eigenvalue weighted by Crippen LogP contribution is -2.19. The number of rotatable bonds is 7. The highest BCUT2D eigenvalue weighted by Crippen LogP contribution is 2.27. The first-order valence-electron chi connectivity index (χ1n) is 9.00. The average molecular weight is 411 g/mol. The molecule has 0 fully saturated rings. The molecule has 6 nitrogen and oxygen atoms in total. The normalized spacial score (nSPS) is 10.5. The van der Waals surface area contributed by atoms with E-state index in [0.29, 0.717) is 28.9 Å². The topological polar surface area (TPSA) is 93.5 Å². The van der Waals surface area contributed by atoms with Crippen LogP contribution in [0.3, 0.4) is 0 Å². The highest BCUT2D eigenvalue weighted by molar-refractivity contribution is 6.04. The molecule has 4 N–H and O–H groups in total. The van der Waals surface area contributed by atoms with Gasteiger partial charge in [0.2, 0.25) is 0 Å². The van der Waals surface area contributed by atoms with Gasteiger partial charge in [0.1, 0.15) is 5.75 Å². The first kappa shape index (κ1) is 20.8. The SMILES string of the molecule is NC(=O)Nc1ccc(C(=O)Nc2ccc(OC(F)F)c(Cc3ccccc3)c2)cc1. The molecule has 0 aliphatic rings. The molecule has 0 atom stereocenters. The third-order valence-corrected chi connectivity index (χ3v) is 4.19. The quantitative estimate of drug-likeness (QED) is 0.530. The maximum atomic E-state index is 12.8. The maximum Gasteiger partial charge on any atom is 0.387 e.